The minimum atomic E-state index is 0.181. The Kier molecular flexibility index (Phi) is 9.17. The second-order valence-electron chi connectivity index (χ2n) is 3.37. The van der Waals surface area contributed by atoms with Crippen molar-refractivity contribution in [1.29, 1.82) is 0 Å². The number of unbranched alkanes of at least 4 members (excludes halogenated alkanes) is 4. The van der Waals surface area contributed by atoms with Crippen molar-refractivity contribution in [1.82, 2.24) is 5.32 Å². The first-order valence-electron chi connectivity index (χ1n) is 5.37. The summed E-state index contributed by atoms with van der Waals surface area (Å²) in [5, 5.41) is 2.91. The van der Waals surface area contributed by atoms with Crippen molar-refractivity contribution >= 4 is 5.91 Å². The summed E-state index contributed by atoms with van der Waals surface area (Å²) in [6.45, 7) is 6.73. The third-order valence-electron chi connectivity index (χ3n) is 2.01. The Labute approximate surface area is 82.1 Å². The molecule has 0 aromatic heterocycles. The fourth-order valence-electron chi connectivity index (χ4n) is 1.15. The van der Waals surface area contributed by atoms with E-state index in [9.17, 15) is 4.79 Å². The van der Waals surface area contributed by atoms with Gasteiger partial charge in [0.05, 0.1) is 0 Å². The van der Waals surface area contributed by atoms with Crippen LogP contribution in [0.3, 0.4) is 0 Å². The Morgan fingerprint density at radius 3 is 2.62 bits per heavy atom. The average Bonchev–Trinajstić information content (AvgIpc) is 2.14. The molecule has 2 nitrogen and oxygen atoms in total. The minimum Gasteiger partial charge on any atom is -0.356 e. The summed E-state index contributed by atoms with van der Waals surface area (Å²) in [7, 11) is 0. The molecule has 0 aliphatic heterocycles. The van der Waals surface area contributed by atoms with Gasteiger partial charge in [0.1, 0.15) is 0 Å². The SMILES string of the molecule is [CH2]CCCC(=O)NCCCCCC. The van der Waals surface area contributed by atoms with Crippen LogP contribution in [-0.4, -0.2) is 12.5 Å². The number of hydrogen-bond acceptors (Lipinski definition) is 1. The number of rotatable bonds is 8. The van der Waals surface area contributed by atoms with Crippen LogP contribution < -0.4 is 5.32 Å². The quantitative estimate of drug-likeness (QED) is 0.577. The molecular weight excluding hydrogens is 162 g/mol. The lowest BCUT2D eigenvalue weighted by Crippen LogP contribution is -2.23. The maximum atomic E-state index is 11.1. The Hall–Kier alpha value is -0.530. The van der Waals surface area contributed by atoms with Gasteiger partial charge >= 0.3 is 0 Å². The van der Waals surface area contributed by atoms with E-state index in [-0.39, 0.29) is 5.91 Å². The van der Waals surface area contributed by atoms with E-state index < -0.39 is 0 Å². The molecule has 0 aliphatic carbocycles. The van der Waals surface area contributed by atoms with Gasteiger partial charge in [-0.1, -0.05) is 39.5 Å². The third-order valence-corrected chi connectivity index (χ3v) is 2.01. The van der Waals surface area contributed by atoms with Crippen molar-refractivity contribution < 1.29 is 4.79 Å². The lowest BCUT2D eigenvalue weighted by Gasteiger charge is -2.03. The molecule has 1 radical (unpaired) electrons. The van der Waals surface area contributed by atoms with E-state index in [1.165, 1.54) is 19.3 Å². The summed E-state index contributed by atoms with van der Waals surface area (Å²) >= 11 is 0. The zero-order chi connectivity index (χ0) is 9.94. The van der Waals surface area contributed by atoms with Gasteiger partial charge in [-0.25, -0.2) is 0 Å². The number of carbonyl (C=O) groups is 1. The summed E-state index contributed by atoms with van der Waals surface area (Å²) in [5.74, 6) is 0.181. The fourth-order valence-corrected chi connectivity index (χ4v) is 1.15. The highest BCUT2D eigenvalue weighted by Gasteiger charge is 1.97. The van der Waals surface area contributed by atoms with Gasteiger partial charge in [-0.15, -0.1) is 0 Å². The van der Waals surface area contributed by atoms with E-state index in [1.54, 1.807) is 0 Å². The summed E-state index contributed by atoms with van der Waals surface area (Å²) in [5.41, 5.74) is 0. The zero-order valence-corrected chi connectivity index (χ0v) is 8.77. The van der Waals surface area contributed by atoms with Crippen molar-refractivity contribution in [2.45, 2.75) is 51.9 Å². The Balaban J connectivity index is 3.08. The molecule has 0 bridgehead atoms. The molecule has 0 spiro atoms. The van der Waals surface area contributed by atoms with Gasteiger partial charge in [0.15, 0.2) is 0 Å². The van der Waals surface area contributed by atoms with Crippen LogP contribution in [0.2, 0.25) is 0 Å². The fraction of sp³-hybridized carbons (Fsp3) is 0.818. The summed E-state index contributed by atoms with van der Waals surface area (Å²) < 4.78 is 0. The molecule has 0 saturated heterocycles. The highest BCUT2D eigenvalue weighted by Crippen LogP contribution is 1.98. The van der Waals surface area contributed by atoms with Gasteiger partial charge in [0.25, 0.3) is 0 Å². The Morgan fingerprint density at radius 1 is 1.23 bits per heavy atom. The largest absolute Gasteiger partial charge is 0.356 e. The molecule has 1 amide bonds. The van der Waals surface area contributed by atoms with Gasteiger partial charge in [-0.3, -0.25) is 4.79 Å². The molecular formula is C11H22NO. The van der Waals surface area contributed by atoms with Crippen LogP contribution in [0.15, 0.2) is 0 Å². The highest BCUT2D eigenvalue weighted by atomic mass is 16.1. The molecule has 0 aliphatic rings. The van der Waals surface area contributed by atoms with Crippen molar-refractivity contribution in [3.05, 3.63) is 6.92 Å². The maximum Gasteiger partial charge on any atom is 0.219 e. The molecule has 0 heterocycles. The van der Waals surface area contributed by atoms with Gasteiger partial charge in [-0.2, -0.15) is 0 Å². The molecule has 1 N–H and O–H groups in total. The van der Waals surface area contributed by atoms with Crippen molar-refractivity contribution in [2.75, 3.05) is 6.54 Å². The first kappa shape index (κ1) is 12.5. The second-order valence-corrected chi connectivity index (χ2v) is 3.37. The van der Waals surface area contributed by atoms with Crippen LogP contribution >= 0.6 is 0 Å². The van der Waals surface area contributed by atoms with E-state index in [0.717, 1.165) is 25.8 Å². The molecule has 77 valence electrons. The molecule has 0 aromatic carbocycles. The number of nitrogens with one attached hydrogen (secondary N) is 1. The lowest BCUT2D eigenvalue weighted by molar-refractivity contribution is -0.121. The van der Waals surface area contributed by atoms with Gasteiger partial charge in [0, 0.05) is 13.0 Å². The maximum absolute atomic E-state index is 11.1. The normalized spacial score (nSPS) is 10.0. The van der Waals surface area contributed by atoms with Crippen molar-refractivity contribution in [2.24, 2.45) is 0 Å². The smallest absolute Gasteiger partial charge is 0.219 e. The van der Waals surface area contributed by atoms with Gasteiger partial charge in [-0.05, 0) is 12.8 Å². The van der Waals surface area contributed by atoms with E-state index in [2.05, 4.69) is 19.2 Å². The van der Waals surface area contributed by atoms with Crippen molar-refractivity contribution in [3.8, 4) is 0 Å². The molecule has 0 saturated carbocycles. The molecule has 0 rings (SSSR count). The Bertz CT molecular complexity index is 123. The highest BCUT2D eigenvalue weighted by molar-refractivity contribution is 5.75. The summed E-state index contributed by atoms with van der Waals surface area (Å²) in [6, 6.07) is 0. The third kappa shape index (κ3) is 9.38. The Morgan fingerprint density at radius 2 is 2.00 bits per heavy atom. The van der Waals surface area contributed by atoms with E-state index in [4.69, 9.17) is 0 Å². The van der Waals surface area contributed by atoms with Crippen LogP contribution in [-0.2, 0) is 4.79 Å². The molecule has 13 heavy (non-hydrogen) atoms. The lowest BCUT2D eigenvalue weighted by atomic mass is 10.2. The van der Waals surface area contributed by atoms with E-state index in [0.29, 0.717) is 6.42 Å². The van der Waals surface area contributed by atoms with Gasteiger partial charge < -0.3 is 5.32 Å². The number of carbonyl (C=O) groups excluding carboxylic acids is 1. The van der Waals surface area contributed by atoms with Crippen LogP contribution in [0.1, 0.15) is 51.9 Å². The molecule has 0 fully saturated rings. The molecule has 0 aromatic rings. The van der Waals surface area contributed by atoms with Crippen LogP contribution in [0.4, 0.5) is 0 Å². The predicted octanol–water partition coefficient (Wildman–Crippen LogP) is 2.69. The van der Waals surface area contributed by atoms with Gasteiger partial charge in [0.2, 0.25) is 5.91 Å². The standard InChI is InChI=1S/C11H22NO/c1-3-5-7-8-10-12-11(13)9-6-4-2/h2-10H2,1H3,(H,12,13). The second kappa shape index (κ2) is 9.56. The first-order chi connectivity index (χ1) is 6.31. The van der Waals surface area contributed by atoms with Crippen LogP contribution in [0, 0.1) is 6.92 Å². The molecule has 0 unspecified atom stereocenters. The van der Waals surface area contributed by atoms with E-state index >= 15 is 0 Å². The zero-order valence-electron chi connectivity index (χ0n) is 8.77. The van der Waals surface area contributed by atoms with Crippen LogP contribution in [0.5, 0.6) is 0 Å². The molecule has 0 atom stereocenters. The average molecular weight is 184 g/mol. The topological polar surface area (TPSA) is 29.1 Å². The molecule has 2 heteroatoms. The number of amides is 1. The first-order valence-corrected chi connectivity index (χ1v) is 5.37. The van der Waals surface area contributed by atoms with Crippen LogP contribution in [0.25, 0.3) is 0 Å². The number of hydrogen-bond donors (Lipinski definition) is 1. The van der Waals surface area contributed by atoms with Crippen molar-refractivity contribution in [3.63, 3.8) is 0 Å². The minimum absolute atomic E-state index is 0.181. The summed E-state index contributed by atoms with van der Waals surface area (Å²) in [6.07, 6.45) is 7.25. The predicted molar refractivity (Wildman–Crippen MR) is 56.4 cm³/mol. The van der Waals surface area contributed by atoms with E-state index in [1.807, 2.05) is 0 Å². The summed E-state index contributed by atoms with van der Waals surface area (Å²) in [4.78, 5) is 11.1. The monoisotopic (exact) mass is 184 g/mol.